The number of hydrogen-bond acceptors (Lipinski definition) is 4. The van der Waals surface area contributed by atoms with Gasteiger partial charge in [-0.05, 0) is 47.9 Å². The Labute approximate surface area is 205 Å². The van der Waals surface area contributed by atoms with Gasteiger partial charge in [0.25, 0.3) is 5.91 Å². The Morgan fingerprint density at radius 2 is 1.54 bits per heavy atom. The van der Waals surface area contributed by atoms with Crippen LogP contribution in [0.3, 0.4) is 0 Å². The number of carbonyl (C=O) groups excluding carboxylic acids is 3. The first-order valence-corrected chi connectivity index (χ1v) is 11.9. The van der Waals surface area contributed by atoms with E-state index in [1.54, 1.807) is 12.1 Å². The topological polar surface area (TPSA) is 87.7 Å². The van der Waals surface area contributed by atoms with E-state index in [2.05, 4.69) is 10.6 Å². The van der Waals surface area contributed by atoms with Crippen molar-refractivity contribution in [2.24, 2.45) is 0 Å². The number of nitrogens with zero attached hydrogens (tertiary/aromatic N) is 1. The van der Waals surface area contributed by atoms with E-state index in [4.69, 9.17) is 4.74 Å². The molecule has 0 aliphatic carbocycles. The van der Waals surface area contributed by atoms with Crippen LogP contribution in [0.15, 0.2) is 66.7 Å². The molecule has 3 amide bonds. The quantitative estimate of drug-likeness (QED) is 0.552. The molecule has 1 saturated heterocycles. The highest BCUT2D eigenvalue weighted by Crippen LogP contribution is 2.19. The summed E-state index contributed by atoms with van der Waals surface area (Å²) in [6.07, 6.45) is 0.250. The second-order valence-electron chi connectivity index (χ2n) is 9.03. The Bertz CT molecular complexity index is 1190. The second kappa shape index (κ2) is 11.1. The maximum absolute atomic E-state index is 12.8. The summed E-state index contributed by atoms with van der Waals surface area (Å²) >= 11 is 0. The van der Waals surface area contributed by atoms with E-state index < -0.39 is 0 Å². The number of nitrogens with one attached hydrogen (secondary N) is 2. The van der Waals surface area contributed by atoms with Crippen LogP contribution in [0.25, 0.3) is 10.8 Å². The van der Waals surface area contributed by atoms with Crippen LogP contribution in [-0.2, 0) is 27.3 Å². The van der Waals surface area contributed by atoms with Crippen LogP contribution in [0.2, 0.25) is 0 Å². The van der Waals surface area contributed by atoms with Gasteiger partial charge in [0.05, 0.1) is 25.2 Å². The fourth-order valence-electron chi connectivity index (χ4n) is 4.42. The minimum Gasteiger partial charge on any atom is -0.372 e. The lowest BCUT2D eigenvalue weighted by molar-refractivity contribution is -0.125. The number of fused-ring (bicyclic) bond motifs is 1. The fraction of sp³-hybridized carbons (Fsp3) is 0.321. The third kappa shape index (κ3) is 6.45. The van der Waals surface area contributed by atoms with Crippen molar-refractivity contribution < 1.29 is 19.1 Å². The highest BCUT2D eigenvalue weighted by molar-refractivity contribution is 5.94. The third-order valence-electron chi connectivity index (χ3n) is 6.07. The summed E-state index contributed by atoms with van der Waals surface area (Å²) in [5, 5.41) is 7.61. The van der Waals surface area contributed by atoms with Crippen molar-refractivity contribution in [1.29, 1.82) is 0 Å². The van der Waals surface area contributed by atoms with Crippen molar-refractivity contribution in [2.75, 3.05) is 19.6 Å². The molecule has 0 saturated carbocycles. The first kappa shape index (κ1) is 24.4. The third-order valence-corrected chi connectivity index (χ3v) is 6.07. The minimum absolute atomic E-state index is 0.0171. The van der Waals surface area contributed by atoms with E-state index in [-0.39, 0.29) is 42.9 Å². The maximum Gasteiger partial charge on any atom is 0.254 e. The molecule has 1 aliphatic heterocycles. The van der Waals surface area contributed by atoms with Gasteiger partial charge in [-0.25, -0.2) is 0 Å². The Kier molecular flexibility index (Phi) is 7.77. The summed E-state index contributed by atoms with van der Waals surface area (Å²) in [5.74, 6) is -0.490. The molecule has 7 heteroatoms. The molecule has 2 unspecified atom stereocenters. The van der Waals surface area contributed by atoms with Crippen molar-refractivity contribution in [2.45, 2.75) is 39.0 Å². The summed E-state index contributed by atoms with van der Waals surface area (Å²) in [5.41, 5.74) is 2.42. The second-order valence-corrected chi connectivity index (χ2v) is 9.03. The number of benzene rings is 3. The van der Waals surface area contributed by atoms with Crippen LogP contribution >= 0.6 is 0 Å². The van der Waals surface area contributed by atoms with Crippen LogP contribution in [0.4, 0.5) is 0 Å². The highest BCUT2D eigenvalue weighted by Gasteiger charge is 2.26. The monoisotopic (exact) mass is 473 g/mol. The first-order valence-electron chi connectivity index (χ1n) is 11.9. The molecule has 2 atom stereocenters. The molecule has 182 valence electrons. The number of rotatable bonds is 7. The van der Waals surface area contributed by atoms with Gasteiger partial charge in [-0.1, -0.05) is 54.6 Å². The van der Waals surface area contributed by atoms with Gasteiger partial charge in [0.1, 0.15) is 0 Å². The summed E-state index contributed by atoms with van der Waals surface area (Å²) in [4.78, 5) is 39.2. The van der Waals surface area contributed by atoms with Crippen LogP contribution in [0.1, 0.15) is 35.3 Å². The van der Waals surface area contributed by atoms with Crippen LogP contribution in [0.5, 0.6) is 0 Å². The van der Waals surface area contributed by atoms with Gasteiger partial charge in [0.2, 0.25) is 11.8 Å². The van der Waals surface area contributed by atoms with Crippen LogP contribution in [0, 0.1) is 0 Å². The zero-order valence-corrected chi connectivity index (χ0v) is 20.1. The van der Waals surface area contributed by atoms with E-state index in [0.29, 0.717) is 25.2 Å². The first-order chi connectivity index (χ1) is 16.9. The van der Waals surface area contributed by atoms with E-state index in [9.17, 15) is 14.4 Å². The van der Waals surface area contributed by atoms with Gasteiger partial charge in [-0.15, -0.1) is 0 Å². The zero-order chi connectivity index (χ0) is 24.8. The van der Waals surface area contributed by atoms with Crippen LogP contribution in [-0.4, -0.2) is 54.5 Å². The maximum atomic E-state index is 12.8. The summed E-state index contributed by atoms with van der Waals surface area (Å²) < 4.78 is 5.70. The molecule has 0 radical (unpaired) electrons. The summed E-state index contributed by atoms with van der Waals surface area (Å²) in [6.45, 7) is 5.31. The lowest BCUT2D eigenvalue weighted by atomic mass is 10.0. The SMILES string of the molecule is CC1CN(C(=O)c2ccc(CNC(=O)CNC(=O)Cc3cccc4ccccc34)cc2)CC(C)O1. The molecule has 4 rings (SSSR count). The molecule has 0 bridgehead atoms. The number of carbonyl (C=O) groups is 3. The molecule has 1 fully saturated rings. The Balaban J connectivity index is 1.23. The van der Waals surface area contributed by atoms with Crippen molar-refractivity contribution in [3.63, 3.8) is 0 Å². The molecule has 3 aromatic rings. The van der Waals surface area contributed by atoms with Gasteiger partial charge in [0, 0.05) is 25.2 Å². The van der Waals surface area contributed by atoms with Gasteiger partial charge >= 0.3 is 0 Å². The summed E-state index contributed by atoms with van der Waals surface area (Å²) in [7, 11) is 0. The fourth-order valence-corrected chi connectivity index (χ4v) is 4.42. The highest BCUT2D eigenvalue weighted by atomic mass is 16.5. The van der Waals surface area contributed by atoms with Crippen molar-refractivity contribution in [1.82, 2.24) is 15.5 Å². The van der Waals surface area contributed by atoms with E-state index >= 15 is 0 Å². The lowest BCUT2D eigenvalue weighted by Crippen LogP contribution is -2.48. The molecule has 2 N–H and O–H groups in total. The largest absolute Gasteiger partial charge is 0.372 e. The van der Waals surface area contributed by atoms with Gasteiger partial charge in [-0.2, -0.15) is 0 Å². The van der Waals surface area contributed by atoms with Gasteiger partial charge < -0.3 is 20.3 Å². The molecular weight excluding hydrogens is 442 g/mol. The smallest absolute Gasteiger partial charge is 0.254 e. The van der Waals surface area contributed by atoms with E-state index in [1.165, 1.54) is 0 Å². The molecule has 3 aromatic carbocycles. The molecule has 1 heterocycles. The predicted octanol–water partition coefficient (Wildman–Crippen LogP) is 3.06. The number of ether oxygens (including phenoxy) is 1. The van der Waals surface area contributed by atoms with E-state index in [1.807, 2.05) is 73.3 Å². The van der Waals surface area contributed by atoms with Gasteiger partial charge in [-0.3, -0.25) is 14.4 Å². The Hall–Kier alpha value is -3.71. The standard InChI is InChI=1S/C28H31N3O4/c1-19-17-31(18-20(2)35-19)28(34)23-12-10-21(11-13-23)15-29-27(33)16-30-26(32)14-24-8-5-7-22-6-3-4-9-25(22)24/h3-13,19-20H,14-18H2,1-2H3,(H,29,33)(H,30,32). The average molecular weight is 474 g/mol. The van der Waals surface area contributed by atoms with Gasteiger partial charge in [0.15, 0.2) is 0 Å². The molecule has 7 nitrogen and oxygen atoms in total. The normalized spacial score (nSPS) is 17.7. The molecule has 35 heavy (non-hydrogen) atoms. The number of hydrogen-bond donors (Lipinski definition) is 2. The lowest BCUT2D eigenvalue weighted by Gasteiger charge is -2.35. The van der Waals surface area contributed by atoms with Crippen LogP contribution < -0.4 is 10.6 Å². The molecular formula is C28H31N3O4. The summed E-state index contributed by atoms with van der Waals surface area (Å²) in [6, 6.07) is 21.0. The predicted molar refractivity (Wildman–Crippen MR) is 135 cm³/mol. The molecule has 0 aromatic heterocycles. The van der Waals surface area contributed by atoms with Crippen molar-refractivity contribution >= 4 is 28.5 Å². The molecule has 1 aliphatic rings. The number of morpholine rings is 1. The number of amides is 3. The average Bonchev–Trinajstić information content (AvgIpc) is 2.86. The minimum atomic E-state index is -0.271. The Morgan fingerprint density at radius 3 is 2.29 bits per heavy atom. The van der Waals surface area contributed by atoms with Crippen molar-refractivity contribution in [3.05, 3.63) is 83.4 Å². The zero-order valence-electron chi connectivity index (χ0n) is 20.1. The van der Waals surface area contributed by atoms with E-state index in [0.717, 1.165) is 21.9 Å². The Morgan fingerprint density at radius 1 is 0.857 bits per heavy atom. The van der Waals surface area contributed by atoms with Crippen molar-refractivity contribution in [3.8, 4) is 0 Å². The molecule has 0 spiro atoms.